The van der Waals surface area contributed by atoms with Crippen LogP contribution in [0.5, 0.6) is 11.5 Å². The Kier molecular flexibility index (Phi) is 17.9. The number of aliphatic hydroxyl groups excluding tert-OH is 1. The van der Waals surface area contributed by atoms with Crippen molar-refractivity contribution in [1.29, 1.82) is 0 Å². The lowest BCUT2D eigenvalue weighted by Crippen LogP contribution is -2.53. The molecule has 0 aliphatic rings. The first-order valence-electron chi connectivity index (χ1n) is 19.6. The number of aliphatic hydroxyl groups is 1. The van der Waals surface area contributed by atoms with Gasteiger partial charge in [0.25, 0.3) is 5.91 Å². The van der Waals surface area contributed by atoms with Gasteiger partial charge in [-0.25, -0.2) is 14.4 Å². The molecule has 326 valence electrons. The van der Waals surface area contributed by atoms with Crippen molar-refractivity contribution < 1.29 is 52.8 Å². The van der Waals surface area contributed by atoms with Crippen LogP contribution in [0, 0.1) is 0 Å². The molecule has 3 aromatic rings. The van der Waals surface area contributed by atoms with E-state index in [-0.39, 0.29) is 55.6 Å². The maximum atomic E-state index is 14.2. The summed E-state index contributed by atoms with van der Waals surface area (Å²) in [6.45, 7) is 14.4. The Labute approximate surface area is 351 Å². The van der Waals surface area contributed by atoms with Gasteiger partial charge in [-0.3, -0.25) is 25.2 Å². The van der Waals surface area contributed by atoms with E-state index in [2.05, 4.69) is 26.3 Å². The van der Waals surface area contributed by atoms with Crippen molar-refractivity contribution in [2.24, 2.45) is 4.99 Å². The molecule has 0 saturated carbocycles. The number of amides is 4. The Hall–Kier alpha value is -6.16. The molecule has 60 heavy (non-hydrogen) atoms. The minimum Gasteiger partial charge on any atom is -0.485 e. The SMILES string of the molecule is CC(C)(C)OC(=O)NC(=NCCC[C@@H](NC(=O)c1cccc(OCc2ccccc2)c1OCc1ccccc1)C(=O)N[C@@H](CO)C(=O)OC(C)(C)C)NC(=O)OC(C)(C)C. The average molecular weight is 834 g/mol. The second-order valence-corrected chi connectivity index (χ2v) is 16.6. The molecule has 16 nitrogen and oxygen atoms in total. The first-order valence-corrected chi connectivity index (χ1v) is 19.6. The van der Waals surface area contributed by atoms with Gasteiger partial charge in [-0.05, 0) is 98.4 Å². The highest BCUT2D eigenvalue weighted by Crippen LogP contribution is 2.33. The summed E-state index contributed by atoms with van der Waals surface area (Å²) < 4.78 is 28.4. The molecule has 0 aliphatic carbocycles. The minimum absolute atomic E-state index is 0.0589. The third kappa shape index (κ3) is 18.2. The van der Waals surface area contributed by atoms with Gasteiger partial charge in [-0.2, -0.15) is 0 Å². The Morgan fingerprint density at radius 1 is 0.633 bits per heavy atom. The van der Waals surface area contributed by atoms with Crippen molar-refractivity contribution in [2.75, 3.05) is 13.2 Å². The second-order valence-electron chi connectivity index (χ2n) is 16.6. The third-order valence-electron chi connectivity index (χ3n) is 7.66. The van der Waals surface area contributed by atoms with Gasteiger partial charge in [0, 0.05) is 6.54 Å². The normalized spacial score (nSPS) is 12.4. The van der Waals surface area contributed by atoms with Crippen LogP contribution in [0.15, 0.2) is 83.9 Å². The number of alkyl carbamates (subject to hydrolysis) is 2. The summed E-state index contributed by atoms with van der Waals surface area (Å²) in [5, 5.41) is 20.1. The Morgan fingerprint density at radius 2 is 1.15 bits per heavy atom. The zero-order chi connectivity index (χ0) is 44.5. The topological polar surface area (TPSA) is 212 Å². The summed E-state index contributed by atoms with van der Waals surface area (Å²) >= 11 is 0. The number of para-hydroxylation sites is 1. The van der Waals surface area contributed by atoms with Gasteiger partial charge in [0.2, 0.25) is 11.9 Å². The van der Waals surface area contributed by atoms with E-state index in [1.807, 2.05) is 60.7 Å². The van der Waals surface area contributed by atoms with E-state index in [9.17, 15) is 29.1 Å². The van der Waals surface area contributed by atoms with Gasteiger partial charge >= 0.3 is 18.2 Å². The molecule has 0 unspecified atom stereocenters. The zero-order valence-corrected chi connectivity index (χ0v) is 35.9. The maximum Gasteiger partial charge on any atom is 0.414 e. The predicted molar refractivity (Wildman–Crippen MR) is 224 cm³/mol. The molecule has 0 fully saturated rings. The fraction of sp³-hybridized carbons (Fsp3) is 0.455. The van der Waals surface area contributed by atoms with Crippen molar-refractivity contribution in [1.82, 2.24) is 21.3 Å². The summed E-state index contributed by atoms with van der Waals surface area (Å²) in [6, 6.07) is 20.8. The number of carbonyl (C=O) groups is 5. The van der Waals surface area contributed by atoms with Crippen LogP contribution in [-0.2, 0) is 37.0 Å². The zero-order valence-electron chi connectivity index (χ0n) is 35.9. The van der Waals surface area contributed by atoms with Crippen LogP contribution in [0.1, 0.15) is 96.6 Å². The van der Waals surface area contributed by atoms with Gasteiger partial charge in [-0.15, -0.1) is 0 Å². The number of rotatable bonds is 16. The molecule has 0 saturated heterocycles. The smallest absolute Gasteiger partial charge is 0.414 e. The molecule has 16 heteroatoms. The molecule has 0 aromatic heterocycles. The molecule has 0 heterocycles. The molecule has 2 atom stereocenters. The average Bonchev–Trinajstić information content (AvgIpc) is 3.14. The Morgan fingerprint density at radius 3 is 1.65 bits per heavy atom. The van der Waals surface area contributed by atoms with Gasteiger partial charge in [0.1, 0.15) is 36.1 Å². The van der Waals surface area contributed by atoms with Crippen LogP contribution in [0.4, 0.5) is 9.59 Å². The molecular formula is C44H59N5O11. The van der Waals surface area contributed by atoms with E-state index >= 15 is 0 Å². The van der Waals surface area contributed by atoms with Gasteiger partial charge in [0.05, 0.1) is 12.2 Å². The van der Waals surface area contributed by atoms with Crippen LogP contribution < -0.4 is 30.7 Å². The van der Waals surface area contributed by atoms with E-state index in [0.717, 1.165) is 11.1 Å². The summed E-state index contributed by atoms with van der Waals surface area (Å²) in [5.41, 5.74) is -0.850. The van der Waals surface area contributed by atoms with E-state index < -0.39 is 65.5 Å². The number of guanidine groups is 1. The highest BCUT2D eigenvalue weighted by molar-refractivity contribution is 6.02. The van der Waals surface area contributed by atoms with Crippen molar-refractivity contribution in [3.05, 3.63) is 95.6 Å². The summed E-state index contributed by atoms with van der Waals surface area (Å²) in [6.07, 6.45) is -1.75. The van der Waals surface area contributed by atoms with E-state index in [1.165, 1.54) is 6.07 Å². The molecule has 4 amide bonds. The number of aliphatic imine (C=N–C) groups is 1. The lowest BCUT2D eigenvalue weighted by Gasteiger charge is -2.25. The largest absolute Gasteiger partial charge is 0.485 e. The number of esters is 1. The highest BCUT2D eigenvalue weighted by Gasteiger charge is 2.31. The Balaban J connectivity index is 1.93. The summed E-state index contributed by atoms with van der Waals surface area (Å²) in [5.74, 6) is -2.25. The minimum atomic E-state index is -1.45. The number of hydrogen-bond donors (Lipinski definition) is 5. The quantitative estimate of drug-likeness (QED) is 0.0374. The standard InChI is InChI=1S/C44H59N5O11/c1-42(2,3)58-38(53)33(26-50)47-37(52)32(23-17-25-45-39(48-40(54)59-43(4,5)6)49-41(55)60-44(7,8)9)46-36(51)31-22-16-24-34(56-27-29-18-12-10-13-19-29)35(31)57-28-30-20-14-11-15-21-30/h10-16,18-22,24,32-33,50H,17,23,25-28H2,1-9H3,(H,46,51)(H,47,52)(H2,45,48,49,54,55)/t32-,33+/m1/s1. The first kappa shape index (κ1) is 48.2. The molecule has 0 aliphatic heterocycles. The van der Waals surface area contributed by atoms with E-state index in [0.29, 0.717) is 0 Å². The molecular weight excluding hydrogens is 775 g/mol. The van der Waals surface area contributed by atoms with E-state index in [4.69, 9.17) is 23.7 Å². The van der Waals surface area contributed by atoms with Crippen molar-refractivity contribution in [2.45, 2.75) is 117 Å². The molecule has 0 spiro atoms. The van der Waals surface area contributed by atoms with Crippen molar-refractivity contribution in [3.8, 4) is 11.5 Å². The van der Waals surface area contributed by atoms with Crippen molar-refractivity contribution >= 4 is 35.9 Å². The number of hydrogen-bond acceptors (Lipinski definition) is 12. The molecule has 3 aromatic carbocycles. The fourth-order valence-electron chi connectivity index (χ4n) is 5.15. The highest BCUT2D eigenvalue weighted by atomic mass is 16.6. The fourth-order valence-corrected chi connectivity index (χ4v) is 5.15. The number of carbonyl (C=O) groups excluding carboxylic acids is 5. The third-order valence-corrected chi connectivity index (χ3v) is 7.66. The molecule has 0 bridgehead atoms. The summed E-state index contributed by atoms with van der Waals surface area (Å²) in [7, 11) is 0. The lowest BCUT2D eigenvalue weighted by molar-refractivity contribution is -0.159. The summed E-state index contributed by atoms with van der Waals surface area (Å²) in [4.78, 5) is 70.5. The monoisotopic (exact) mass is 833 g/mol. The number of nitrogens with one attached hydrogen (secondary N) is 4. The Bertz CT molecular complexity index is 1890. The number of benzene rings is 3. The van der Waals surface area contributed by atoms with Crippen LogP contribution in [0.2, 0.25) is 0 Å². The van der Waals surface area contributed by atoms with Gasteiger partial charge < -0.3 is 39.4 Å². The number of ether oxygens (including phenoxy) is 5. The van der Waals surface area contributed by atoms with Crippen LogP contribution in [0.3, 0.4) is 0 Å². The predicted octanol–water partition coefficient (Wildman–Crippen LogP) is 5.95. The second kappa shape index (κ2) is 22.3. The molecule has 5 N–H and O–H groups in total. The first-order chi connectivity index (χ1) is 28.1. The van der Waals surface area contributed by atoms with Crippen LogP contribution in [-0.4, -0.2) is 83.1 Å². The maximum absolute atomic E-state index is 14.2. The van der Waals surface area contributed by atoms with Crippen molar-refractivity contribution in [3.63, 3.8) is 0 Å². The van der Waals surface area contributed by atoms with Gasteiger partial charge in [0.15, 0.2) is 17.5 Å². The lowest BCUT2D eigenvalue weighted by atomic mass is 10.1. The molecule has 0 radical (unpaired) electrons. The molecule has 3 rings (SSSR count). The number of nitrogens with zero attached hydrogens (tertiary/aromatic N) is 1. The van der Waals surface area contributed by atoms with Crippen LogP contribution in [0.25, 0.3) is 0 Å². The van der Waals surface area contributed by atoms with E-state index in [1.54, 1.807) is 74.4 Å². The van der Waals surface area contributed by atoms with Gasteiger partial charge in [-0.1, -0.05) is 66.7 Å². The van der Waals surface area contributed by atoms with Crippen LogP contribution >= 0.6 is 0 Å².